The van der Waals surface area contributed by atoms with Crippen LogP contribution in [0.1, 0.15) is 37.8 Å². The largest absolute Gasteiger partial charge is 0.493 e. The number of allylic oxidation sites excluding steroid dienone is 3. The van der Waals surface area contributed by atoms with Crippen molar-refractivity contribution in [2.45, 2.75) is 32.3 Å². The van der Waals surface area contributed by atoms with E-state index < -0.39 is 5.60 Å². The molecule has 1 heterocycles. The molecule has 3 heteroatoms. The van der Waals surface area contributed by atoms with Gasteiger partial charge in [-0.3, -0.25) is 0 Å². The molecule has 1 aromatic rings. The first-order chi connectivity index (χ1) is 10.5. The molecule has 118 valence electrons. The van der Waals surface area contributed by atoms with E-state index in [1.807, 2.05) is 24.3 Å². The van der Waals surface area contributed by atoms with Gasteiger partial charge in [0.15, 0.2) is 0 Å². The second kappa shape index (κ2) is 6.95. The van der Waals surface area contributed by atoms with Crippen molar-refractivity contribution in [2.24, 2.45) is 5.73 Å². The van der Waals surface area contributed by atoms with Gasteiger partial charge < -0.3 is 15.6 Å². The summed E-state index contributed by atoms with van der Waals surface area (Å²) >= 11 is 0. The summed E-state index contributed by atoms with van der Waals surface area (Å²) in [5.41, 5.74) is 8.98. The molecule has 0 aliphatic carbocycles. The van der Waals surface area contributed by atoms with Gasteiger partial charge in [-0.2, -0.15) is 0 Å². The number of hydrogen-bond acceptors (Lipinski definition) is 3. The lowest BCUT2D eigenvalue weighted by Crippen LogP contribution is -2.15. The van der Waals surface area contributed by atoms with Gasteiger partial charge in [0.1, 0.15) is 5.75 Å². The lowest BCUT2D eigenvalue weighted by Gasteiger charge is -2.20. The smallest absolute Gasteiger partial charge is 0.127 e. The summed E-state index contributed by atoms with van der Waals surface area (Å²) in [5.74, 6) is 0.851. The molecule has 2 rings (SSSR count). The molecular formula is C19H25NO2. The Morgan fingerprint density at radius 1 is 1.41 bits per heavy atom. The molecule has 0 spiro atoms. The van der Waals surface area contributed by atoms with Crippen LogP contribution in [0.5, 0.6) is 5.75 Å². The van der Waals surface area contributed by atoms with E-state index in [1.54, 1.807) is 19.9 Å². The van der Waals surface area contributed by atoms with E-state index >= 15 is 0 Å². The Morgan fingerprint density at radius 2 is 2.18 bits per heavy atom. The van der Waals surface area contributed by atoms with Crippen LogP contribution in [0.2, 0.25) is 0 Å². The first-order valence-corrected chi connectivity index (χ1v) is 7.69. The van der Waals surface area contributed by atoms with Crippen LogP contribution in [0.3, 0.4) is 0 Å². The van der Waals surface area contributed by atoms with Crippen LogP contribution < -0.4 is 10.5 Å². The first-order valence-electron chi connectivity index (χ1n) is 7.69. The zero-order valence-corrected chi connectivity index (χ0v) is 13.4. The Kier molecular flexibility index (Phi) is 5.22. The van der Waals surface area contributed by atoms with E-state index in [4.69, 9.17) is 10.5 Å². The molecule has 3 N–H and O–H groups in total. The van der Waals surface area contributed by atoms with Crippen molar-refractivity contribution in [1.82, 2.24) is 0 Å². The number of fused-ring (bicyclic) bond motifs is 1. The zero-order chi connectivity index (χ0) is 16.2. The van der Waals surface area contributed by atoms with Gasteiger partial charge >= 0.3 is 0 Å². The Hall–Kier alpha value is -1.84. The summed E-state index contributed by atoms with van der Waals surface area (Å²) in [4.78, 5) is 0. The molecule has 22 heavy (non-hydrogen) atoms. The van der Waals surface area contributed by atoms with Crippen LogP contribution in [0.25, 0.3) is 5.57 Å². The van der Waals surface area contributed by atoms with Crippen LogP contribution in [0.15, 0.2) is 48.6 Å². The molecular weight excluding hydrogens is 274 g/mol. The molecule has 1 aliphatic rings. The average Bonchev–Trinajstić information content (AvgIpc) is 2.63. The number of nitrogens with two attached hydrogens (primary N) is 1. The molecule has 0 saturated carbocycles. The topological polar surface area (TPSA) is 55.5 Å². The second-order valence-electron chi connectivity index (χ2n) is 5.99. The number of rotatable bonds is 4. The van der Waals surface area contributed by atoms with E-state index in [0.29, 0.717) is 13.2 Å². The zero-order valence-electron chi connectivity index (χ0n) is 13.4. The van der Waals surface area contributed by atoms with Crippen molar-refractivity contribution < 1.29 is 9.84 Å². The fourth-order valence-electron chi connectivity index (χ4n) is 2.61. The SMILES string of the molecule is C=C/C=C1\CCOc2ccc(C(C)(C)O)cc2\C1=C\CCN. The molecule has 3 nitrogen and oxygen atoms in total. The molecule has 0 unspecified atom stereocenters. The van der Waals surface area contributed by atoms with Gasteiger partial charge in [0.25, 0.3) is 0 Å². The summed E-state index contributed by atoms with van der Waals surface area (Å²) in [5, 5.41) is 10.3. The summed E-state index contributed by atoms with van der Waals surface area (Å²) in [6.07, 6.45) is 7.61. The van der Waals surface area contributed by atoms with Gasteiger partial charge in [0.05, 0.1) is 12.2 Å². The van der Waals surface area contributed by atoms with Crippen molar-refractivity contribution in [3.63, 3.8) is 0 Å². The van der Waals surface area contributed by atoms with Crippen LogP contribution in [0, 0.1) is 0 Å². The normalized spacial score (nSPS) is 18.7. The Morgan fingerprint density at radius 3 is 2.82 bits per heavy atom. The average molecular weight is 299 g/mol. The van der Waals surface area contributed by atoms with E-state index in [0.717, 1.165) is 35.3 Å². The third kappa shape index (κ3) is 3.67. The number of aliphatic hydroxyl groups is 1. The number of benzene rings is 1. The quantitative estimate of drug-likeness (QED) is 0.894. The van der Waals surface area contributed by atoms with E-state index in [9.17, 15) is 5.11 Å². The van der Waals surface area contributed by atoms with Gasteiger partial charge in [-0.1, -0.05) is 30.9 Å². The highest BCUT2D eigenvalue weighted by atomic mass is 16.5. The van der Waals surface area contributed by atoms with Gasteiger partial charge in [-0.25, -0.2) is 0 Å². The van der Waals surface area contributed by atoms with E-state index in [1.165, 1.54) is 5.57 Å². The Labute approximate surface area is 132 Å². The summed E-state index contributed by atoms with van der Waals surface area (Å²) in [6.45, 7) is 8.62. The van der Waals surface area contributed by atoms with E-state index in [-0.39, 0.29) is 0 Å². The summed E-state index contributed by atoms with van der Waals surface area (Å²) < 4.78 is 5.87. The molecule has 0 amide bonds. The second-order valence-corrected chi connectivity index (χ2v) is 5.99. The fraction of sp³-hybridized carbons (Fsp3) is 0.368. The highest BCUT2D eigenvalue weighted by Gasteiger charge is 2.22. The van der Waals surface area contributed by atoms with Crippen LogP contribution in [-0.4, -0.2) is 18.3 Å². The predicted molar refractivity (Wildman–Crippen MR) is 91.7 cm³/mol. The van der Waals surface area contributed by atoms with Gasteiger partial charge in [-0.05, 0) is 55.7 Å². The minimum atomic E-state index is -0.886. The van der Waals surface area contributed by atoms with Crippen molar-refractivity contribution in [3.8, 4) is 5.75 Å². The highest BCUT2D eigenvalue weighted by molar-refractivity contribution is 5.83. The fourth-order valence-corrected chi connectivity index (χ4v) is 2.61. The maximum Gasteiger partial charge on any atom is 0.127 e. The van der Waals surface area contributed by atoms with Crippen molar-refractivity contribution in [1.29, 1.82) is 0 Å². The molecule has 1 aromatic carbocycles. The predicted octanol–water partition coefficient (Wildman–Crippen LogP) is 3.54. The highest BCUT2D eigenvalue weighted by Crippen LogP contribution is 2.38. The number of hydrogen-bond donors (Lipinski definition) is 2. The Balaban J connectivity index is 2.60. The molecule has 1 aliphatic heterocycles. The van der Waals surface area contributed by atoms with Crippen molar-refractivity contribution in [2.75, 3.05) is 13.2 Å². The van der Waals surface area contributed by atoms with Crippen molar-refractivity contribution in [3.05, 3.63) is 59.7 Å². The minimum absolute atomic E-state index is 0.603. The van der Waals surface area contributed by atoms with E-state index in [2.05, 4.69) is 12.7 Å². The van der Waals surface area contributed by atoms with Gasteiger partial charge in [0.2, 0.25) is 0 Å². The summed E-state index contributed by atoms with van der Waals surface area (Å²) in [6, 6.07) is 5.87. The molecule has 0 aromatic heterocycles. The number of ether oxygens (including phenoxy) is 1. The summed E-state index contributed by atoms with van der Waals surface area (Å²) in [7, 11) is 0. The first kappa shape index (κ1) is 16.5. The lowest BCUT2D eigenvalue weighted by atomic mass is 9.90. The van der Waals surface area contributed by atoms with Crippen LogP contribution in [-0.2, 0) is 5.60 Å². The van der Waals surface area contributed by atoms with Crippen molar-refractivity contribution >= 4 is 5.57 Å². The third-order valence-electron chi connectivity index (χ3n) is 3.79. The molecule has 0 saturated heterocycles. The lowest BCUT2D eigenvalue weighted by molar-refractivity contribution is 0.0785. The van der Waals surface area contributed by atoms with Crippen LogP contribution >= 0.6 is 0 Å². The monoisotopic (exact) mass is 299 g/mol. The molecule has 0 fully saturated rings. The standard InChI is InChI=1S/C19H25NO2/c1-4-6-14-10-12-22-18-9-8-15(19(2,3)21)13-17(18)16(14)7-5-11-20/h4,6-9,13,21H,1,5,10-12,20H2,2-3H3/b14-6+,16-7+. The molecule has 0 atom stereocenters. The van der Waals surface area contributed by atoms with Gasteiger partial charge in [-0.15, -0.1) is 0 Å². The van der Waals surface area contributed by atoms with Crippen LogP contribution in [0.4, 0.5) is 0 Å². The maximum absolute atomic E-state index is 10.3. The Bertz CT molecular complexity index is 606. The third-order valence-corrected chi connectivity index (χ3v) is 3.79. The van der Waals surface area contributed by atoms with Gasteiger partial charge in [0, 0.05) is 12.0 Å². The maximum atomic E-state index is 10.3. The molecule has 0 bridgehead atoms. The molecule has 0 radical (unpaired) electrons. The minimum Gasteiger partial charge on any atom is -0.493 e.